The Bertz CT molecular complexity index is 488. The summed E-state index contributed by atoms with van der Waals surface area (Å²) in [5.41, 5.74) is 1.06. The molecule has 1 rings (SSSR count). The molecule has 1 N–H and O–H groups in total. The van der Waals surface area contributed by atoms with Crippen molar-refractivity contribution in [1.29, 1.82) is 5.26 Å². The van der Waals surface area contributed by atoms with Crippen LogP contribution in [-0.2, 0) is 4.79 Å². The van der Waals surface area contributed by atoms with Gasteiger partial charge in [-0.1, -0.05) is 12.1 Å². The summed E-state index contributed by atoms with van der Waals surface area (Å²) >= 11 is 0. The number of hydrogen-bond donors (Lipinski definition) is 1. The van der Waals surface area contributed by atoms with Crippen LogP contribution in [0.1, 0.15) is 22.8 Å². The fourth-order valence-corrected chi connectivity index (χ4v) is 1.62. The molecular formula is C14H17N3O2. The van der Waals surface area contributed by atoms with Crippen LogP contribution in [0.4, 0.5) is 0 Å². The lowest BCUT2D eigenvalue weighted by Gasteiger charge is -2.15. The topological polar surface area (TPSA) is 73.2 Å². The highest BCUT2D eigenvalue weighted by Crippen LogP contribution is 2.05. The molecule has 0 aliphatic carbocycles. The molecule has 0 aromatic heterocycles. The van der Waals surface area contributed by atoms with E-state index in [2.05, 4.69) is 5.32 Å². The van der Waals surface area contributed by atoms with Crippen molar-refractivity contribution < 1.29 is 9.59 Å². The SMILES string of the molecule is CCNC(=O)CN(C)CC(=O)c1ccc(C#N)cc1. The monoisotopic (exact) mass is 259 g/mol. The maximum absolute atomic E-state index is 11.9. The van der Waals surface area contributed by atoms with Crippen molar-refractivity contribution >= 4 is 11.7 Å². The van der Waals surface area contributed by atoms with Crippen molar-refractivity contribution in [2.24, 2.45) is 0 Å². The third-order valence-corrected chi connectivity index (χ3v) is 2.54. The minimum atomic E-state index is -0.0994. The molecule has 1 aromatic rings. The average molecular weight is 259 g/mol. The Kier molecular flexibility index (Phi) is 5.71. The Morgan fingerprint density at radius 1 is 1.26 bits per heavy atom. The maximum Gasteiger partial charge on any atom is 0.234 e. The normalized spacial score (nSPS) is 10.0. The first-order valence-electron chi connectivity index (χ1n) is 6.05. The number of amides is 1. The summed E-state index contributed by atoms with van der Waals surface area (Å²) in [6.07, 6.45) is 0. The van der Waals surface area contributed by atoms with Crippen molar-refractivity contribution in [3.63, 3.8) is 0 Å². The highest BCUT2D eigenvalue weighted by Gasteiger charge is 2.11. The van der Waals surface area contributed by atoms with Gasteiger partial charge in [0.2, 0.25) is 5.91 Å². The Labute approximate surface area is 112 Å². The summed E-state index contributed by atoms with van der Waals surface area (Å²) in [5.74, 6) is -0.172. The van der Waals surface area contributed by atoms with Crippen molar-refractivity contribution in [2.75, 3.05) is 26.7 Å². The lowest BCUT2D eigenvalue weighted by molar-refractivity contribution is -0.121. The molecule has 0 saturated carbocycles. The standard InChI is InChI=1S/C14H17N3O2/c1-3-16-14(19)10-17(2)9-13(18)12-6-4-11(8-15)5-7-12/h4-7H,3,9-10H2,1-2H3,(H,16,19). The fraction of sp³-hybridized carbons (Fsp3) is 0.357. The van der Waals surface area contributed by atoms with Gasteiger partial charge in [0.05, 0.1) is 24.7 Å². The summed E-state index contributed by atoms with van der Waals surface area (Å²) in [4.78, 5) is 25.0. The van der Waals surface area contributed by atoms with E-state index >= 15 is 0 Å². The molecule has 0 radical (unpaired) electrons. The number of carbonyl (C=O) groups excluding carboxylic acids is 2. The molecular weight excluding hydrogens is 242 g/mol. The molecule has 1 aromatic carbocycles. The van der Waals surface area contributed by atoms with Gasteiger partial charge < -0.3 is 5.32 Å². The van der Waals surface area contributed by atoms with E-state index in [1.165, 1.54) is 0 Å². The summed E-state index contributed by atoms with van der Waals surface area (Å²) < 4.78 is 0. The van der Waals surface area contributed by atoms with Crippen LogP contribution in [0.5, 0.6) is 0 Å². The molecule has 0 bridgehead atoms. The molecule has 0 saturated heterocycles. The number of nitriles is 1. The van der Waals surface area contributed by atoms with Gasteiger partial charge in [-0.15, -0.1) is 0 Å². The third kappa shape index (κ3) is 4.90. The van der Waals surface area contributed by atoms with E-state index < -0.39 is 0 Å². The largest absolute Gasteiger partial charge is 0.355 e. The number of nitrogens with one attached hydrogen (secondary N) is 1. The quantitative estimate of drug-likeness (QED) is 0.767. The second kappa shape index (κ2) is 7.29. The fourth-order valence-electron chi connectivity index (χ4n) is 1.62. The molecule has 0 aliphatic heterocycles. The Morgan fingerprint density at radius 3 is 2.42 bits per heavy atom. The molecule has 0 unspecified atom stereocenters. The van der Waals surface area contributed by atoms with E-state index in [1.807, 2.05) is 13.0 Å². The van der Waals surface area contributed by atoms with Crippen molar-refractivity contribution in [3.05, 3.63) is 35.4 Å². The minimum Gasteiger partial charge on any atom is -0.355 e. The van der Waals surface area contributed by atoms with E-state index in [9.17, 15) is 9.59 Å². The molecule has 19 heavy (non-hydrogen) atoms. The Hall–Kier alpha value is -2.19. The van der Waals surface area contributed by atoms with Gasteiger partial charge in [-0.25, -0.2) is 0 Å². The first kappa shape index (κ1) is 14.9. The van der Waals surface area contributed by atoms with Gasteiger partial charge in [0.15, 0.2) is 5.78 Å². The van der Waals surface area contributed by atoms with Gasteiger partial charge in [0, 0.05) is 12.1 Å². The van der Waals surface area contributed by atoms with Crippen LogP contribution < -0.4 is 5.32 Å². The number of ketones is 1. The zero-order chi connectivity index (χ0) is 14.3. The zero-order valence-electron chi connectivity index (χ0n) is 11.1. The van der Waals surface area contributed by atoms with Gasteiger partial charge in [0.25, 0.3) is 0 Å². The van der Waals surface area contributed by atoms with Gasteiger partial charge in [-0.05, 0) is 26.1 Å². The van der Waals surface area contributed by atoms with E-state index in [0.717, 1.165) is 0 Å². The second-order valence-corrected chi connectivity index (χ2v) is 4.24. The molecule has 0 atom stereocenters. The van der Waals surface area contributed by atoms with Gasteiger partial charge in [-0.3, -0.25) is 14.5 Å². The number of rotatable bonds is 6. The number of benzene rings is 1. The lowest BCUT2D eigenvalue weighted by atomic mass is 10.1. The highest BCUT2D eigenvalue weighted by molar-refractivity contribution is 5.97. The van der Waals surface area contributed by atoms with Crippen molar-refractivity contribution in [3.8, 4) is 6.07 Å². The van der Waals surface area contributed by atoms with E-state index in [-0.39, 0.29) is 24.8 Å². The zero-order valence-corrected chi connectivity index (χ0v) is 11.1. The van der Waals surface area contributed by atoms with Crippen LogP contribution in [-0.4, -0.2) is 43.3 Å². The van der Waals surface area contributed by atoms with Crippen molar-refractivity contribution in [1.82, 2.24) is 10.2 Å². The summed E-state index contributed by atoms with van der Waals surface area (Å²) in [5, 5.41) is 11.4. The predicted molar refractivity (Wildman–Crippen MR) is 71.7 cm³/mol. The molecule has 100 valence electrons. The molecule has 0 fully saturated rings. The number of nitrogens with zero attached hydrogens (tertiary/aromatic N) is 2. The number of Topliss-reactive ketones (excluding diaryl/α,β-unsaturated/α-hetero) is 1. The van der Waals surface area contributed by atoms with Crippen molar-refractivity contribution in [2.45, 2.75) is 6.92 Å². The van der Waals surface area contributed by atoms with Crippen LogP contribution >= 0.6 is 0 Å². The lowest BCUT2D eigenvalue weighted by Crippen LogP contribution is -2.37. The summed E-state index contributed by atoms with van der Waals surface area (Å²) in [7, 11) is 1.72. The molecule has 5 nitrogen and oxygen atoms in total. The Balaban J connectivity index is 2.54. The van der Waals surface area contributed by atoms with Crippen LogP contribution in [0.2, 0.25) is 0 Å². The van der Waals surface area contributed by atoms with E-state index in [4.69, 9.17) is 5.26 Å². The van der Waals surface area contributed by atoms with E-state index in [0.29, 0.717) is 17.7 Å². The average Bonchev–Trinajstić information content (AvgIpc) is 2.38. The second-order valence-electron chi connectivity index (χ2n) is 4.24. The van der Waals surface area contributed by atoms with Crippen LogP contribution in [0.15, 0.2) is 24.3 Å². The minimum absolute atomic E-state index is 0.0729. The van der Waals surface area contributed by atoms with Gasteiger partial charge in [-0.2, -0.15) is 5.26 Å². The molecule has 1 amide bonds. The summed E-state index contributed by atoms with van der Waals surface area (Å²) in [6.45, 7) is 2.79. The smallest absolute Gasteiger partial charge is 0.234 e. The molecule has 0 heterocycles. The van der Waals surface area contributed by atoms with Gasteiger partial charge >= 0.3 is 0 Å². The maximum atomic E-state index is 11.9. The molecule has 0 aliphatic rings. The van der Waals surface area contributed by atoms with Crippen LogP contribution in [0.25, 0.3) is 0 Å². The first-order valence-corrected chi connectivity index (χ1v) is 6.05. The number of hydrogen-bond acceptors (Lipinski definition) is 4. The van der Waals surface area contributed by atoms with Crippen LogP contribution in [0, 0.1) is 11.3 Å². The number of likely N-dealkylation sites (N-methyl/N-ethyl adjacent to an activating group) is 2. The number of carbonyl (C=O) groups is 2. The summed E-state index contributed by atoms with van der Waals surface area (Å²) in [6, 6.07) is 8.47. The molecule has 5 heteroatoms. The third-order valence-electron chi connectivity index (χ3n) is 2.54. The first-order chi connectivity index (χ1) is 9.06. The van der Waals surface area contributed by atoms with Gasteiger partial charge in [0.1, 0.15) is 0 Å². The highest BCUT2D eigenvalue weighted by atomic mass is 16.2. The predicted octanol–water partition coefficient (Wildman–Crippen LogP) is 0.809. The molecule has 0 spiro atoms. The van der Waals surface area contributed by atoms with Crippen LogP contribution in [0.3, 0.4) is 0 Å². The van der Waals surface area contributed by atoms with E-state index in [1.54, 1.807) is 36.2 Å². The Morgan fingerprint density at radius 2 is 1.89 bits per heavy atom.